The van der Waals surface area contributed by atoms with Crippen molar-refractivity contribution >= 4 is 17.6 Å². The van der Waals surface area contributed by atoms with Crippen molar-refractivity contribution in [3.8, 4) is 0 Å². The van der Waals surface area contributed by atoms with Crippen LogP contribution in [0.25, 0.3) is 0 Å². The molecular formula is C21H27N5O3. The number of likely N-dealkylation sites (N-methyl/N-ethyl adjacent to an activating group) is 1. The number of hydrogen-bond acceptors (Lipinski definition) is 4. The average Bonchev–Trinajstić information content (AvgIpc) is 3.38. The van der Waals surface area contributed by atoms with Crippen LogP contribution in [-0.2, 0) is 22.5 Å². The Hall–Kier alpha value is -2.87. The van der Waals surface area contributed by atoms with Gasteiger partial charge >= 0.3 is 6.03 Å². The predicted octanol–water partition coefficient (Wildman–Crippen LogP) is 1.87. The molecule has 2 aromatic rings. The first-order valence-electron chi connectivity index (χ1n) is 10.1. The third kappa shape index (κ3) is 3.85. The molecule has 8 heteroatoms. The number of carbonyl (C=O) groups excluding carboxylic acids is 2. The van der Waals surface area contributed by atoms with E-state index in [4.69, 9.17) is 4.74 Å². The van der Waals surface area contributed by atoms with Crippen LogP contribution in [0.5, 0.6) is 0 Å². The molecule has 0 spiro atoms. The summed E-state index contributed by atoms with van der Waals surface area (Å²) >= 11 is 0. The van der Waals surface area contributed by atoms with E-state index < -0.39 is 6.04 Å². The van der Waals surface area contributed by atoms with Gasteiger partial charge in [0.2, 0.25) is 5.91 Å². The van der Waals surface area contributed by atoms with E-state index >= 15 is 0 Å². The summed E-state index contributed by atoms with van der Waals surface area (Å²) in [6, 6.07) is 8.85. The molecule has 8 nitrogen and oxygen atoms in total. The molecule has 2 aliphatic heterocycles. The molecule has 4 rings (SSSR count). The van der Waals surface area contributed by atoms with Gasteiger partial charge in [0.1, 0.15) is 12.1 Å². The van der Waals surface area contributed by atoms with Gasteiger partial charge in [0.25, 0.3) is 0 Å². The molecule has 1 saturated heterocycles. The summed E-state index contributed by atoms with van der Waals surface area (Å²) in [7, 11) is 1.74. The number of amides is 3. The molecule has 154 valence electrons. The normalized spacial score (nSPS) is 23.7. The highest BCUT2D eigenvalue weighted by molar-refractivity contribution is 6.01. The second-order valence-electron chi connectivity index (χ2n) is 7.55. The molecule has 3 amide bonds. The Labute approximate surface area is 170 Å². The fourth-order valence-electron chi connectivity index (χ4n) is 4.23. The van der Waals surface area contributed by atoms with Gasteiger partial charge in [-0.1, -0.05) is 18.2 Å². The minimum atomic E-state index is -0.563. The lowest BCUT2D eigenvalue weighted by Crippen LogP contribution is -2.54. The van der Waals surface area contributed by atoms with E-state index in [2.05, 4.69) is 15.7 Å². The number of urea groups is 1. The molecule has 0 saturated carbocycles. The van der Waals surface area contributed by atoms with E-state index in [-0.39, 0.29) is 24.0 Å². The average molecular weight is 397 g/mol. The van der Waals surface area contributed by atoms with Crippen molar-refractivity contribution < 1.29 is 14.3 Å². The number of fused-ring (bicyclic) bond motifs is 1. The molecule has 2 N–H and O–H groups in total. The highest BCUT2D eigenvalue weighted by atomic mass is 16.5. The van der Waals surface area contributed by atoms with Crippen LogP contribution in [0.3, 0.4) is 0 Å². The Bertz CT molecular complexity index is 896. The monoisotopic (exact) mass is 397 g/mol. The van der Waals surface area contributed by atoms with E-state index in [1.165, 1.54) is 0 Å². The smallest absolute Gasteiger partial charge is 0.315 e. The molecule has 2 aliphatic rings. The topological polar surface area (TPSA) is 88.5 Å². The van der Waals surface area contributed by atoms with Gasteiger partial charge in [-0.25, -0.2) is 4.79 Å². The minimum Gasteiger partial charge on any atom is -0.372 e. The third-order valence-corrected chi connectivity index (χ3v) is 5.79. The predicted molar refractivity (Wildman–Crippen MR) is 109 cm³/mol. The number of rotatable bonds is 5. The summed E-state index contributed by atoms with van der Waals surface area (Å²) in [6.45, 7) is 3.97. The number of aryl methyl sites for hydroxylation is 1. The molecule has 0 bridgehead atoms. The first-order valence-corrected chi connectivity index (χ1v) is 10.1. The lowest BCUT2D eigenvalue weighted by Gasteiger charge is -2.32. The van der Waals surface area contributed by atoms with Crippen molar-refractivity contribution in [2.45, 2.75) is 38.5 Å². The number of benzene rings is 1. The van der Waals surface area contributed by atoms with Gasteiger partial charge in [0.05, 0.1) is 5.69 Å². The van der Waals surface area contributed by atoms with E-state index in [0.29, 0.717) is 19.6 Å². The van der Waals surface area contributed by atoms with E-state index in [1.54, 1.807) is 18.1 Å². The zero-order valence-corrected chi connectivity index (χ0v) is 16.8. The standard InChI is InChI=1S/C21H27N5O3/c1-3-26-18(8-10-23-26)19-15(9-11-29-19)13-22-21(28)24-16-12-14-6-4-5-7-17(14)25(2)20(16)27/h4-8,10,15-16,19H,3,9,11-13H2,1-2H3,(H2,22,24,28)/t15-,16?,19+/m0/s1. The van der Waals surface area contributed by atoms with Gasteiger partial charge in [-0.3, -0.25) is 9.48 Å². The maximum Gasteiger partial charge on any atom is 0.315 e. The van der Waals surface area contributed by atoms with Gasteiger partial charge < -0.3 is 20.3 Å². The molecule has 29 heavy (non-hydrogen) atoms. The first kappa shape index (κ1) is 19.4. The lowest BCUT2D eigenvalue weighted by molar-refractivity contribution is -0.120. The Morgan fingerprint density at radius 1 is 1.31 bits per heavy atom. The van der Waals surface area contributed by atoms with Crippen LogP contribution < -0.4 is 15.5 Å². The summed E-state index contributed by atoms with van der Waals surface area (Å²) in [4.78, 5) is 26.7. The van der Waals surface area contributed by atoms with E-state index in [0.717, 1.165) is 29.9 Å². The number of nitrogens with one attached hydrogen (secondary N) is 2. The van der Waals surface area contributed by atoms with Gasteiger partial charge in [0, 0.05) is 51.0 Å². The number of aromatic nitrogens is 2. The largest absolute Gasteiger partial charge is 0.372 e. The molecule has 1 unspecified atom stereocenters. The number of anilines is 1. The quantitative estimate of drug-likeness (QED) is 0.806. The fraction of sp³-hybridized carbons (Fsp3) is 0.476. The Balaban J connectivity index is 1.35. The third-order valence-electron chi connectivity index (χ3n) is 5.79. The lowest BCUT2D eigenvalue weighted by atomic mass is 9.97. The Kier molecular flexibility index (Phi) is 5.53. The van der Waals surface area contributed by atoms with Gasteiger partial charge in [-0.2, -0.15) is 5.10 Å². The maximum atomic E-state index is 12.6. The summed E-state index contributed by atoms with van der Waals surface area (Å²) in [5.74, 6) is 0.0704. The van der Waals surface area contributed by atoms with Crippen molar-refractivity contribution in [3.63, 3.8) is 0 Å². The summed E-state index contributed by atoms with van der Waals surface area (Å²) in [5.41, 5.74) is 2.99. The summed E-state index contributed by atoms with van der Waals surface area (Å²) in [6.07, 6.45) is 3.07. The van der Waals surface area contributed by atoms with E-state index in [9.17, 15) is 9.59 Å². The minimum absolute atomic E-state index is 0.0768. The maximum absolute atomic E-state index is 12.6. The molecule has 3 atom stereocenters. The highest BCUT2D eigenvalue weighted by Crippen LogP contribution is 2.34. The summed E-state index contributed by atoms with van der Waals surface area (Å²) < 4.78 is 7.84. The number of nitrogens with zero attached hydrogens (tertiary/aromatic N) is 3. The van der Waals surface area contributed by atoms with Crippen molar-refractivity contribution in [3.05, 3.63) is 47.8 Å². The number of hydrogen-bond donors (Lipinski definition) is 2. The molecule has 0 radical (unpaired) electrons. The van der Waals surface area contributed by atoms with Crippen LogP contribution in [0.15, 0.2) is 36.5 Å². The van der Waals surface area contributed by atoms with E-state index in [1.807, 2.05) is 41.9 Å². The van der Waals surface area contributed by atoms with Crippen molar-refractivity contribution in [2.75, 3.05) is 25.1 Å². The van der Waals surface area contributed by atoms with Crippen molar-refractivity contribution in [1.82, 2.24) is 20.4 Å². The molecule has 0 aliphatic carbocycles. The zero-order chi connectivity index (χ0) is 20.4. The van der Waals surface area contributed by atoms with Gasteiger partial charge in [0.15, 0.2) is 0 Å². The van der Waals surface area contributed by atoms with Crippen LogP contribution in [0.4, 0.5) is 10.5 Å². The van der Waals surface area contributed by atoms with Crippen LogP contribution in [0, 0.1) is 5.92 Å². The molecule has 1 aromatic heterocycles. The van der Waals surface area contributed by atoms with Crippen LogP contribution in [0.1, 0.15) is 30.7 Å². The fourth-order valence-corrected chi connectivity index (χ4v) is 4.23. The highest BCUT2D eigenvalue weighted by Gasteiger charge is 2.34. The molecule has 3 heterocycles. The van der Waals surface area contributed by atoms with Crippen molar-refractivity contribution in [2.24, 2.45) is 5.92 Å². The Morgan fingerprint density at radius 2 is 2.14 bits per heavy atom. The zero-order valence-electron chi connectivity index (χ0n) is 16.8. The van der Waals surface area contributed by atoms with Crippen LogP contribution in [0.2, 0.25) is 0 Å². The van der Waals surface area contributed by atoms with Crippen molar-refractivity contribution in [1.29, 1.82) is 0 Å². The molecule has 1 fully saturated rings. The second-order valence-corrected chi connectivity index (χ2v) is 7.55. The number of carbonyl (C=O) groups is 2. The SMILES string of the molecule is CCn1nccc1[C@@H]1OCC[C@H]1CNC(=O)NC1Cc2ccccc2N(C)C1=O. The van der Waals surface area contributed by atoms with Crippen LogP contribution >= 0.6 is 0 Å². The second kappa shape index (κ2) is 8.24. The molecular weight excluding hydrogens is 370 g/mol. The molecule has 1 aromatic carbocycles. The van der Waals surface area contributed by atoms with Gasteiger partial charge in [-0.15, -0.1) is 0 Å². The summed E-state index contributed by atoms with van der Waals surface area (Å²) in [5, 5.41) is 10.1. The first-order chi connectivity index (χ1) is 14.1. The Morgan fingerprint density at radius 3 is 2.97 bits per heavy atom. The van der Waals surface area contributed by atoms with Crippen LogP contribution in [-0.4, -0.2) is 48.0 Å². The van der Waals surface area contributed by atoms with Gasteiger partial charge in [-0.05, 0) is 31.0 Å². The number of para-hydroxylation sites is 1. The number of ether oxygens (including phenoxy) is 1.